The van der Waals surface area contributed by atoms with Crippen molar-refractivity contribution in [2.45, 2.75) is 0 Å². The Morgan fingerprint density at radius 1 is 0.882 bits per heavy atom. The van der Waals surface area contributed by atoms with E-state index in [1.54, 1.807) is 42.5 Å². The van der Waals surface area contributed by atoms with Gasteiger partial charge in [0.25, 0.3) is 0 Å². The average molecular weight is 247 g/mol. The summed E-state index contributed by atoms with van der Waals surface area (Å²) in [6.07, 6.45) is 0. The molecule has 0 spiro atoms. The number of rotatable bonds is 0. The molecule has 1 heterocycles. The highest BCUT2D eigenvalue weighted by atomic mass is 35.5. The van der Waals surface area contributed by atoms with Crippen molar-refractivity contribution in [3.05, 3.63) is 53.1 Å². The van der Waals surface area contributed by atoms with E-state index in [2.05, 4.69) is 0 Å². The van der Waals surface area contributed by atoms with Crippen LogP contribution in [-0.4, -0.2) is 5.97 Å². The van der Waals surface area contributed by atoms with E-state index in [0.717, 1.165) is 0 Å². The summed E-state index contributed by atoms with van der Waals surface area (Å²) < 4.78 is 10.8. The zero-order valence-electron chi connectivity index (χ0n) is 8.64. The quantitative estimate of drug-likeness (QED) is 0.526. The van der Waals surface area contributed by atoms with E-state index in [9.17, 15) is 4.79 Å². The second-order valence-corrected chi connectivity index (χ2v) is 4.02. The molecule has 3 rings (SSSR count). The molecule has 0 aromatic heterocycles. The molecule has 0 saturated heterocycles. The molecule has 0 unspecified atom stereocenters. The van der Waals surface area contributed by atoms with E-state index in [1.165, 1.54) is 0 Å². The lowest BCUT2D eigenvalue weighted by molar-refractivity contribution is 0.0737. The van der Waals surface area contributed by atoms with Crippen LogP contribution in [0.15, 0.2) is 42.5 Å². The SMILES string of the molecule is O=C1Oc2cc(Cl)ccc2Oc2ccccc21. The van der Waals surface area contributed by atoms with Crippen molar-refractivity contribution in [2.75, 3.05) is 0 Å². The molecule has 3 nitrogen and oxygen atoms in total. The Labute approximate surface area is 103 Å². The maximum absolute atomic E-state index is 11.8. The highest BCUT2D eigenvalue weighted by Crippen LogP contribution is 2.38. The predicted molar refractivity (Wildman–Crippen MR) is 62.9 cm³/mol. The fourth-order valence-electron chi connectivity index (χ4n) is 1.64. The molecule has 0 aliphatic carbocycles. The first-order chi connectivity index (χ1) is 8.24. The number of halogens is 1. The van der Waals surface area contributed by atoms with Crippen LogP contribution in [0, 0.1) is 0 Å². The average Bonchev–Trinajstić information content (AvgIpc) is 2.46. The van der Waals surface area contributed by atoms with E-state index in [4.69, 9.17) is 21.1 Å². The second kappa shape index (κ2) is 3.79. The minimum absolute atomic E-state index is 0.332. The van der Waals surface area contributed by atoms with Gasteiger partial charge < -0.3 is 9.47 Å². The van der Waals surface area contributed by atoms with Crippen molar-refractivity contribution in [2.24, 2.45) is 0 Å². The van der Waals surface area contributed by atoms with Gasteiger partial charge in [0.2, 0.25) is 0 Å². The molecule has 17 heavy (non-hydrogen) atoms. The molecular weight excluding hydrogens is 240 g/mol. The van der Waals surface area contributed by atoms with Crippen molar-refractivity contribution in [3.8, 4) is 17.2 Å². The first-order valence-electron chi connectivity index (χ1n) is 5.02. The van der Waals surface area contributed by atoms with Gasteiger partial charge in [-0.15, -0.1) is 0 Å². The van der Waals surface area contributed by atoms with Gasteiger partial charge in [-0.05, 0) is 24.3 Å². The molecule has 1 aliphatic rings. The normalized spacial score (nSPS) is 12.9. The summed E-state index contributed by atoms with van der Waals surface area (Å²) in [5, 5.41) is 0.492. The van der Waals surface area contributed by atoms with Gasteiger partial charge in [0.05, 0.1) is 0 Å². The molecule has 1 aliphatic heterocycles. The molecule has 0 atom stereocenters. The zero-order valence-corrected chi connectivity index (χ0v) is 9.40. The van der Waals surface area contributed by atoms with E-state index >= 15 is 0 Å². The summed E-state index contributed by atoms with van der Waals surface area (Å²) in [4.78, 5) is 11.8. The van der Waals surface area contributed by atoms with Crippen molar-refractivity contribution in [1.82, 2.24) is 0 Å². The molecule has 0 amide bonds. The summed E-state index contributed by atoms with van der Waals surface area (Å²) in [5.41, 5.74) is 0.403. The van der Waals surface area contributed by atoms with Crippen molar-refractivity contribution in [3.63, 3.8) is 0 Å². The number of esters is 1. The highest BCUT2D eigenvalue weighted by Gasteiger charge is 2.22. The number of hydrogen-bond acceptors (Lipinski definition) is 3. The van der Waals surface area contributed by atoms with Crippen molar-refractivity contribution >= 4 is 17.6 Å². The summed E-state index contributed by atoms with van der Waals surface area (Å²) in [6, 6.07) is 11.8. The van der Waals surface area contributed by atoms with Crippen LogP contribution in [0.4, 0.5) is 0 Å². The molecule has 0 radical (unpaired) electrons. The lowest BCUT2D eigenvalue weighted by atomic mass is 10.2. The number of carbonyl (C=O) groups is 1. The van der Waals surface area contributed by atoms with Gasteiger partial charge in [-0.1, -0.05) is 23.7 Å². The summed E-state index contributed by atoms with van der Waals surface area (Å²) in [5.74, 6) is 0.853. The maximum atomic E-state index is 11.8. The largest absolute Gasteiger partial charge is 0.453 e. The first kappa shape index (κ1) is 10.2. The van der Waals surface area contributed by atoms with Crippen LogP contribution < -0.4 is 9.47 Å². The molecule has 0 saturated carbocycles. The number of hydrogen-bond donors (Lipinski definition) is 0. The van der Waals surface area contributed by atoms with E-state index in [1.807, 2.05) is 0 Å². The second-order valence-electron chi connectivity index (χ2n) is 3.58. The van der Waals surface area contributed by atoms with Gasteiger partial charge in [-0.25, -0.2) is 4.79 Å². The molecule has 0 fully saturated rings. The Hall–Kier alpha value is -2.00. The number of benzene rings is 2. The molecular formula is C13H7ClO3. The van der Waals surface area contributed by atoms with E-state index in [0.29, 0.717) is 27.8 Å². The van der Waals surface area contributed by atoms with E-state index < -0.39 is 5.97 Å². The van der Waals surface area contributed by atoms with Gasteiger partial charge >= 0.3 is 5.97 Å². The third kappa shape index (κ3) is 1.74. The fourth-order valence-corrected chi connectivity index (χ4v) is 1.81. The van der Waals surface area contributed by atoms with Crippen LogP contribution in [0.5, 0.6) is 17.2 Å². The Morgan fingerprint density at radius 3 is 2.59 bits per heavy atom. The van der Waals surface area contributed by atoms with Crippen molar-refractivity contribution in [1.29, 1.82) is 0 Å². The van der Waals surface area contributed by atoms with Gasteiger partial charge in [-0.2, -0.15) is 0 Å². The molecule has 0 N–H and O–H groups in total. The molecule has 2 aromatic rings. The first-order valence-corrected chi connectivity index (χ1v) is 5.40. The molecule has 0 bridgehead atoms. The Bertz CT molecular complexity index is 607. The Morgan fingerprint density at radius 2 is 1.71 bits per heavy atom. The zero-order chi connectivity index (χ0) is 11.8. The maximum Gasteiger partial charge on any atom is 0.347 e. The van der Waals surface area contributed by atoms with Gasteiger partial charge in [0.1, 0.15) is 11.3 Å². The third-order valence-corrected chi connectivity index (χ3v) is 2.67. The summed E-state index contributed by atoms with van der Waals surface area (Å²) in [7, 11) is 0. The number of fused-ring (bicyclic) bond motifs is 2. The topological polar surface area (TPSA) is 35.5 Å². The lowest BCUT2D eigenvalue weighted by Gasteiger charge is -2.05. The Kier molecular flexibility index (Phi) is 2.27. The smallest absolute Gasteiger partial charge is 0.347 e. The lowest BCUT2D eigenvalue weighted by Crippen LogP contribution is -2.06. The Balaban J connectivity index is 2.17. The van der Waals surface area contributed by atoms with Gasteiger partial charge in [0.15, 0.2) is 11.5 Å². The molecule has 84 valence electrons. The highest BCUT2D eigenvalue weighted by molar-refractivity contribution is 6.30. The molecule has 2 aromatic carbocycles. The predicted octanol–water partition coefficient (Wildman–Crippen LogP) is 3.66. The van der Waals surface area contributed by atoms with Crippen LogP contribution in [0.2, 0.25) is 5.02 Å². The van der Waals surface area contributed by atoms with Crippen LogP contribution in [-0.2, 0) is 0 Å². The van der Waals surface area contributed by atoms with Gasteiger partial charge in [0, 0.05) is 11.1 Å². The summed E-state index contributed by atoms with van der Waals surface area (Å²) in [6.45, 7) is 0. The van der Waals surface area contributed by atoms with Crippen LogP contribution >= 0.6 is 11.6 Å². The van der Waals surface area contributed by atoms with Crippen molar-refractivity contribution < 1.29 is 14.3 Å². The fraction of sp³-hybridized carbons (Fsp3) is 0. The third-order valence-electron chi connectivity index (χ3n) is 2.44. The standard InChI is InChI=1S/C13H7ClO3/c14-8-5-6-11-12(7-8)17-13(15)9-3-1-2-4-10(9)16-11/h1-7H. The minimum atomic E-state index is -0.443. The summed E-state index contributed by atoms with van der Waals surface area (Å²) >= 11 is 5.84. The van der Waals surface area contributed by atoms with Crippen LogP contribution in [0.1, 0.15) is 10.4 Å². The molecule has 4 heteroatoms. The number of ether oxygens (including phenoxy) is 2. The van der Waals surface area contributed by atoms with Gasteiger partial charge in [-0.3, -0.25) is 0 Å². The number of para-hydroxylation sites is 1. The monoisotopic (exact) mass is 246 g/mol. The van der Waals surface area contributed by atoms with Crippen LogP contribution in [0.3, 0.4) is 0 Å². The minimum Gasteiger partial charge on any atom is -0.453 e. The van der Waals surface area contributed by atoms with E-state index in [-0.39, 0.29) is 0 Å². The van der Waals surface area contributed by atoms with Crippen LogP contribution in [0.25, 0.3) is 0 Å². The number of carbonyl (C=O) groups excluding carboxylic acids is 1.